The number of carbonyl (C=O) groups is 4. The van der Waals surface area contributed by atoms with Crippen molar-refractivity contribution >= 4 is 23.7 Å². The second-order valence-electron chi connectivity index (χ2n) is 10.0. The lowest BCUT2D eigenvalue weighted by molar-refractivity contribution is -0.203. The largest absolute Gasteiger partial charge is 0.472 e. The highest BCUT2D eigenvalue weighted by Gasteiger charge is 2.65. The lowest BCUT2D eigenvalue weighted by atomic mass is 9.46. The van der Waals surface area contributed by atoms with Crippen LogP contribution in [0, 0.1) is 35.0 Å². The van der Waals surface area contributed by atoms with Crippen LogP contribution in [0.25, 0.3) is 0 Å². The highest BCUT2D eigenvalue weighted by molar-refractivity contribution is 5.92. The number of cyclic esters (lactones) is 1. The molecule has 2 aliphatic carbocycles. The van der Waals surface area contributed by atoms with E-state index in [1.165, 1.54) is 13.4 Å². The van der Waals surface area contributed by atoms with Gasteiger partial charge in [0.05, 0.1) is 31.5 Å². The zero-order valence-corrected chi connectivity index (χ0v) is 19.6. The van der Waals surface area contributed by atoms with E-state index in [1.807, 2.05) is 20.8 Å². The minimum absolute atomic E-state index is 0.0774. The molecule has 1 saturated heterocycles. The highest BCUT2D eigenvalue weighted by atomic mass is 16.6. The summed E-state index contributed by atoms with van der Waals surface area (Å²) in [4.78, 5) is 52.1. The first-order valence-electron chi connectivity index (χ1n) is 11.7. The normalized spacial score (nSPS) is 38.0. The molecule has 3 fully saturated rings. The number of carbonyl (C=O) groups excluding carboxylic acids is 4. The monoisotopic (exact) mass is 460 g/mol. The van der Waals surface area contributed by atoms with E-state index in [0.717, 1.165) is 5.56 Å². The van der Waals surface area contributed by atoms with Crippen LogP contribution in [0.2, 0.25) is 0 Å². The number of methoxy groups -OCH3 is 1. The SMILES string of the molecule is CCCC(=O)O[C@H]1C[C@@H](C(=O)OC)C2[C@@H](C)C[C@H]3C(=O)OC(c4ccoc4)C[C@]3(C)[C@H]2C1=O. The Balaban J connectivity index is 1.74. The quantitative estimate of drug-likeness (QED) is 0.484. The summed E-state index contributed by atoms with van der Waals surface area (Å²) >= 11 is 0. The Morgan fingerprint density at radius 1 is 1.24 bits per heavy atom. The Labute approximate surface area is 193 Å². The molecule has 1 aliphatic heterocycles. The second kappa shape index (κ2) is 8.95. The molecule has 2 saturated carbocycles. The second-order valence-corrected chi connectivity index (χ2v) is 10.0. The van der Waals surface area contributed by atoms with Crippen LogP contribution in [-0.2, 0) is 33.4 Å². The van der Waals surface area contributed by atoms with Gasteiger partial charge in [-0.15, -0.1) is 0 Å². The van der Waals surface area contributed by atoms with Gasteiger partial charge in [-0.2, -0.15) is 0 Å². The summed E-state index contributed by atoms with van der Waals surface area (Å²) in [5.41, 5.74) is -0.0231. The number of fused-ring (bicyclic) bond motifs is 3. The van der Waals surface area contributed by atoms with Crippen molar-refractivity contribution in [2.75, 3.05) is 7.11 Å². The molecule has 8 atom stereocenters. The fourth-order valence-corrected chi connectivity index (χ4v) is 6.51. The van der Waals surface area contributed by atoms with Gasteiger partial charge >= 0.3 is 17.9 Å². The van der Waals surface area contributed by atoms with Crippen molar-refractivity contribution in [1.82, 2.24) is 0 Å². The van der Waals surface area contributed by atoms with Gasteiger partial charge in [0.2, 0.25) is 0 Å². The number of furan rings is 1. The molecule has 1 aromatic heterocycles. The molecule has 0 bridgehead atoms. The maximum absolute atomic E-state index is 13.9. The van der Waals surface area contributed by atoms with E-state index in [0.29, 0.717) is 19.3 Å². The predicted molar refractivity (Wildman–Crippen MR) is 114 cm³/mol. The maximum Gasteiger partial charge on any atom is 0.310 e. The Kier molecular flexibility index (Phi) is 6.38. The van der Waals surface area contributed by atoms with Crippen LogP contribution < -0.4 is 0 Å². The third kappa shape index (κ3) is 3.97. The third-order valence-electron chi connectivity index (χ3n) is 8.03. The molecule has 8 heteroatoms. The first-order chi connectivity index (χ1) is 15.7. The van der Waals surface area contributed by atoms with Crippen LogP contribution in [-0.4, -0.2) is 36.9 Å². The number of esters is 3. The summed E-state index contributed by atoms with van der Waals surface area (Å²) in [6.07, 6.45) is 3.35. The predicted octanol–water partition coefficient (Wildman–Crippen LogP) is 3.64. The van der Waals surface area contributed by atoms with E-state index in [9.17, 15) is 19.2 Å². The molecule has 1 aromatic rings. The number of ether oxygens (including phenoxy) is 3. The van der Waals surface area contributed by atoms with Gasteiger partial charge in [-0.3, -0.25) is 19.2 Å². The minimum Gasteiger partial charge on any atom is -0.472 e. The molecule has 8 nitrogen and oxygen atoms in total. The molecule has 2 heterocycles. The molecule has 3 aliphatic rings. The molecule has 0 aromatic carbocycles. The zero-order chi connectivity index (χ0) is 23.9. The van der Waals surface area contributed by atoms with Gasteiger partial charge in [-0.05, 0) is 42.6 Å². The van der Waals surface area contributed by atoms with Crippen LogP contribution >= 0.6 is 0 Å². The number of hydrogen-bond donors (Lipinski definition) is 0. The molecule has 0 N–H and O–H groups in total. The van der Waals surface area contributed by atoms with Crippen molar-refractivity contribution in [1.29, 1.82) is 0 Å². The Morgan fingerprint density at radius 2 is 2.00 bits per heavy atom. The van der Waals surface area contributed by atoms with Gasteiger partial charge in [0.1, 0.15) is 6.10 Å². The smallest absolute Gasteiger partial charge is 0.310 e. The molecule has 4 rings (SSSR count). The molecular formula is C25H32O8. The summed E-state index contributed by atoms with van der Waals surface area (Å²) in [5.74, 6) is -3.49. The molecule has 33 heavy (non-hydrogen) atoms. The highest BCUT2D eigenvalue weighted by Crippen LogP contribution is 2.61. The van der Waals surface area contributed by atoms with E-state index < -0.39 is 47.3 Å². The first-order valence-corrected chi connectivity index (χ1v) is 11.7. The van der Waals surface area contributed by atoms with Crippen LogP contribution in [0.15, 0.2) is 23.0 Å². The molecule has 0 amide bonds. The van der Waals surface area contributed by atoms with E-state index in [2.05, 4.69) is 0 Å². The van der Waals surface area contributed by atoms with Gasteiger partial charge in [0, 0.05) is 24.3 Å². The van der Waals surface area contributed by atoms with Gasteiger partial charge in [0.25, 0.3) is 0 Å². The average Bonchev–Trinajstić information content (AvgIpc) is 3.31. The lowest BCUT2D eigenvalue weighted by Gasteiger charge is -2.58. The lowest BCUT2D eigenvalue weighted by Crippen LogP contribution is -2.62. The standard InChI is InChI=1S/C25H32O8/c1-5-6-19(26)32-17-10-15(23(28)30-4)20-13(2)9-16-24(29)33-18(14-7-8-31-12-14)11-25(16,3)21(20)22(17)27/h7-8,12-13,15-18,20-21H,5-6,9-11H2,1-4H3/t13-,15+,16-,17-,18?,20?,21+,25-/m0/s1. The summed E-state index contributed by atoms with van der Waals surface area (Å²) < 4.78 is 21.6. The van der Waals surface area contributed by atoms with Crippen molar-refractivity contribution in [2.24, 2.45) is 35.0 Å². The number of hydrogen-bond acceptors (Lipinski definition) is 8. The zero-order valence-electron chi connectivity index (χ0n) is 19.6. The van der Waals surface area contributed by atoms with Gasteiger partial charge < -0.3 is 18.6 Å². The summed E-state index contributed by atoms with van der Waals surface area (Å²) in [6.45, 7) is 5.77. The van der Waals surface area contributed by atoms with Gasteiger partial charge in [-0.1, -0.05) is 20.8 Å². The van der Waals surface area contributed by atoms with Gasteiger partial charge in [-0.25, -0.2) is 0 Å². The van der Waals surface area contributed by atoms with E-state index >= 15 is 0 Å². The molecule has 0 spiro atoms. The number of rotatable bonds is 5. The Hall–Kier alpha value is -2.64. The van der Waals surface area contributed by atoms with Crippen molar-refractivity contribution in [3.8, 4) is 0 Å². The topological polar surface area (TPSA) is 109 Å². The van der Waals surface area contributed by atoms with E-state index in [4.69, 9.17) is 18.6 Å². The fraction of sp³-hybridized carbons (Fsp3) is 0.680. The van der Waals surface area contributed by atoms with Gasteiger partial charge in [0.15, 0.2) is 11.9 Å². The molecule has 2 unspecified atom stereocenters. The van der Waals surface area contributed by atoms with Crippen molar-refractivity contribution in [2.45, 2.75) is 65.1 Å². The van der Waals surface area contributed by atoms with E-state index in [1.54, 1.807) is 12.3 Å². The minimum atomic E-state index is -1.03. The maximum atomic E-state index is 13.9. The van der Waals surface area contributed by atoms with Crippen LogP contribution in [0.1, 0.15) is 64.5 Å². The van der Waals surface area contributed by atoms with Crippen LogP contribution in [0.5, 0.6) is 0 Å². The number of Topliss-reactive ketones (excluding diaryl/α,β-unsaturated/α-hetero) is 1. The van der Waals surface area contributed by atoms with Crippen molar-refractivity contribution in [3.05, 3.63) is 24.2 Å². The summed E-state index contributed by atoms with van der Waals surface area (Å²) in [6, 6.07) is 1.75. The summed E-state index contributed by atoms with van der Waals surface area (Å²) in [7, 11) is 1.33. The third-order valence-corrected chi connectivity index (χ3v) is 8.03. The molecule has 180 valence electrons. The molecular weight excluding hydrogens is 428 g/mol. The number of ketones is 1. The summed E-state index contributed by atoms with van der Waals surface area (Å²) in [5, 5.41) is 0. The van der Waals surface area contributed by atoms with Crippen LogP contribution in [0.3, 0.4) is 0 Å². The Bertz CT molecular complexity index is 921. The van der Waals surface area contributed by atoms with Crippen LogP contribution in [0.4, 0.5) is 0 Å². The average molecular weight is 461 g/mol. The van der Waals surface area contributed by atoms with Crippen molar-refractivity contribution in [3.63, 3.8) is 0 Å². The molecule has 0 radical (unpaired) electrons. The van der Waals surface area contributed by atoms with E-state index in [-0.39, 0.29) is 36.4 Å². The van der Waals surface area contributed by atoms with Crippen molar-refractivity contribution < 1.29 is 37.8 Å². The first kappa shape index (κ1) is 23.5. The Morgan fingerprint density at radius 3 is 2.64 bits per heavy atom. The fourth-order valence-electron chi connectivity index (χ4n) is 6.51.